The highest BCUT2D eigenvalue weighted by molar-refractivity contribution is 7.99. The Hall–Kier alpha value is -2.46. The Morgan fingerprint density at radius 1 is 1.15 bits per heavy atom. The van der Waals surface area contributed by atoms with Gasteiger partial charge in [0.15, 0.2) is 11.5 Å². The van der Waals surface area contributed by atoms with Crippen LogP contribution in [-0.4, -0.2) is 80.3 Å². The molecule has 9 nitrogen and oxygen atoms in total. The molecule has 1 aromatic rings. The highest BCUT2D eigenvalue weighted by Crippen LogP contribution is 2.83. The van der Waals surface area contributed by atoms with Gasteiger partial charge in [0.1, 0.15) is 24.3 Å². The van der Waals surface area contributed by atoms with Crippen LogP contribution in [0.15, 0.2) is 18.2 Å². The molecule has 1 spiro atoms. The van der Waals surface area contributed by atoms with Crippen molar-refractivity contribution < 1.29 is 34.4 Å². The minimum absolute atomic E-state index is 0.0558. The van der Waals surface area contributed by atoms with Gasteiger partial charge in [0.2, 0.25) is 11.8 Å². The van der Waals surface area contributed by atoms with E-state index in [-0.39, 0.29) is 47.2 Å². The monoisotopic (exact) mass is 586 g/mol. The molecular weight excluding hydrogens is 544 g/mol. The van der Waals surface area contributed by atoms with E-state index >= 15 is 0 Å². The summed E-state index contributed by atoms with van der Waals surface area (Å²) < 4.78 is 6.15. The summed E-state index contributed by atoms with van der Waals surface area (Å²) in [7, 11) is 0. The van der Waals surface area contributed by atoms with E-state index in [9.17, 15) is 29.7 Å². The van der Waals surface area contributed by atoms with Crippen molar-refractivity contribution in [1.29, 1.82) is 0 Å². The molecule has 4 aliphatic carbocycles. The summed E-state index contributed by atoms with van der Waals surface area (Å²) in [5.74, 6) is -0.114. The third-order valence-corrected chi connectivity index (χ3v) is 11.9. The van der Waals surface area contributed by atoms with Gasteiger partial charge in [0.05, 0.1) is 0 Å². The first-order valence-electron chi connectivity index (χ1n) is 15.2. The van der Waals surface area contributed by atoms with Gasteiger partial charge in [0.25, 0.3) is 0 Å². The van der Waals surface area contributed by atoms with Gasteiger partial charge in [-0.05, 0) is 73.5 Å². The topological polar surface area (TPSA) is 136 Å². The first-order valence-corrected chi connectivity index (χ1v) is 16.4. The Morgan fingerprint density at radius 2 is 1.93 bits per heavy atom. The van der Waals surface area contributed by atoms with Crippen LogP contribution in [0.5, 0.6) is 11.5 Å². The van der Waals surface area contributed by atoms with Gasteiger partial charge >= 0.3 is 5.97 Å². The molecule has 7 unspecified atom stereocenters. The summed E-state index contributed by atoms with van der Waals surface area (Å²) in [6.07, 6.45) is 7.49. The van der Waals surface area contributed by atoms with Crippen molar-refractivity contribution in [3.63, 3.8) is 0 Å². The second-order valence-corrected chi connectivity index (χ2v) is 14.4. The second kappa shape index (κ2) is 11.0. The number of aliphatic hydroxyl groups excluding tert-OH is 1. The number of phenols is 2. The third kappa shape index (κ3) is 5.09. The number of hydrogen-bond acceptors (Lipinski definition) is 8. The number of rotatable bonds is 8. The maximum atomic E-state index is 14.1. The van der Waals surface area contributed by atoms with E-state index in [4.69, 9.17) is 4.74 Å². The van der Waals surface area contributed by atoms with E-state index in [1.54, 1.807) is 16.7 Å². The fourth-order valence-corrected chi connectivity index (χ4v) is 9.47. The van der Waals surface area contributed by atoms with E-state index < -0.39 is 24.1 Å². The lowest BCUT2D eigenvalue weighted by molar-refractivity contribution is -0.175. The highest BCUT2D eigenvalue weighted by atomic mass is 32.2. The van der Waals surface area contributed by atoms with E-state index in [2.05, 4.69) is 12.2 Å². The Kier molecular flexibility index (Phi) is 7.68. The number of nitrogens with zero attached hydrogens (tertiary/aromatic N) is 1. The number of phenolic OH excluding ortho intramolecular Hbond substituents is 2. The van der Waals surface area contributed by atoms with Crippen LogP contribution in [0.25, 0.3) is 0 Å². The molecule has 4 saturated carbocycles. The number of aliphatic hydroxyl groups is 1. The normalized spacial score (nSPS) is 34.0. The molecule has 224 valence electrons. The number of ether oxygens (including phenoxy) is 1. The lowest BCUT2D eigenvalue weighted by Crippen LogP contribution is -2.61. The smallest absolute Gasteiger partial charge is 0.330 e. The standard InChI is InChI=1S/C31H42N2O7S/c1-30-10-9-20-15-25(31(20,30)17-30)40-29(39)21-16-41-12-11-33(21)28(38)26(19-5-3-2-4-6-19)32-27(37)24(36)14-18-7-8-22(34)23(35)13-18/h7-8,13,19-21,24-26,34-36H,2-6,9-12,14-17H2,1H3,(H,32,37). The van der Waals surface area contributed by atoms with Crippen LogP contribution in [0.2, 0.25) is 0 Å². The van der Waals surface area contributed by atoms with Crippen molar-refractivity contribution in [2.45, 2.75) is 95.4 Å². The van der Waals surface area contributed by atoms with Crippen LogP contribution < -0.4 is 5.32 Å². The molecule has 2 amide bonds. The molecule has 41 heavy (non-hydrogen) atoms. The first-order chi connectivity index (χ1) is 19.6. The fraction of sp³-hybridized carbons (Fsp3) is 0.710. The Labute approximate surface area is 245 Å². The Morgan fingerprint density at radius 3 is 2.63 bits per heavy atom. The summed E-state index contributed by atoms with van der Waals surface area (Å²) in [6.45, 7) is 2.73. The van der Waals surface area contributed by atoms with Gasteiger partial charge in [0, 0.05) is 29.9 Å². The number of esters is 1. The van der Waals surface area contributed by atoms with E-state index in [0.29, 0.717) is 34.9 Å². The minimum atomic E-state index is -1.44. The zero-order valence-electron chi connectivity index (χ0n) is 23.7. The number of thioether (sulfide) groups is 1. The summed E-state index contributed by atoms with van der Waals surface area (Å²) in [4.78, 5) is 42.5. The first kappa shape index (κ1) is 28.6. The maximum absolute atomic E-state index is 14.1. The number of carbonyl (C=O) groups excluding carboxylic acids is 3. The van der Waals surface area contributed by atoms with Gasteiger partial charge in [-0.25, -0.2) is 4.79 Å². The van der Waals surface area contributed by atoms with Crippen LogP contribution in [0.3, 0.4) is 0 Å². The van der Waals surface area contributed by atoms with E-state index in [0.717, 1.165) is 44.9 Å². The van der Waals surface area contributed by atoms with Crippen LogP contribution >= 0.6 is 11.8 Å². The quantitative estimate of drug-likeness (QED) is 0.270. The lowest BCUT2D eigenvalue weighted by Gasteiger charge is -2.45. The molecule has 1 aromatic carbocycles. The van der Waals surface area contributed by atoms with Gasteiger partial charge in [-0.1, -0.05) is 32.3 Å². The largest absolute Gasteiger partial charge is 0.504 e. The Bertz CT molecular complexity index is 1200. The summed E-state index contributed by atoms with van der Waals surface area (Å²) in [5.41, 5.74) is 0.932. The Balaban J connectivity index is 1.14. The fourth-order valence-electron chi connectivity index (χ4n) is 8.44. The zero-order chi connectivity index (χ0) is 28.9. The average Bonchev–Trinajstić information content (AvgIpc) is 3.57. The van der Waals surface area contributed by atoms with E-state index in [1.165, 1.54) is 31.0 Å². The molecule has 0 aromatic heterocycles. The molecule has 0 bridgehead atoms. The predicted molar refractivity (Wildman–Crippen MR) is 153 cm³/mol. The predicted octanol–water partition coefficient (Wildman–Crippen LogP) is 3.13. The number of hydrogen-bond donors (Lipinski definition) is 4. The molecule has 1 saturated heterocycles. The molecular formula is C31H42N2O7S. The van der Waals surface area contributed by atoms with Crippen molar-refractivity contribution in [3.05, 3.63) is 23.8 Å². The SMILES string of the molecule is CC12CCC3CC(OC(=O)C4CSCCN4C(=O)C(NC(=O)C(O)Cc4ccc(O)c(O)c4)C4CCCCC4)C31C2. The molecule has 7 atom stereocenters. The number of carbonyl (C=O) groups is 3. The molecule has 10 heteroatoms. The molecule has 4 N–H and O–H groups in total. The maximum Gasteiger partial charge on any atom is 0.330 e. The molecule has 6 rings (SSSR count). The number of amides is 2. The summed E-state index contributed by atoms with van der Waals surface area (Å²) in [5, 5.41) is 32.9. The summed E-state index contributed by atoms with van der Waals surface area (Å²) >= 11 is 1.64. The van der Waals surface area contributed by atoms with Crippen LogP contribution in [-0.2, 0) is 25.5 Å². The minimum Gasteiger partial charge on any atom is -0.504 e. The number of nitrogens with one attached hydrogen (secondary N) is 1. The van der Waals surface area contributed by atoms with Gasteiger partial charge in [-0.3, -0.25) is 9.59 Å². The molecule has 1 aliphatic heterocycles. The third-order valence-electron chi connectivity index (χ3n) is 10.9. The van der Waals surface area contributed by atoms with Crippen molar-refractivity contribution in [1.82, 2.24) is 10.2 Å². The van der Waals surface area contributed by atoms with Crippen molar-refractivity contribution in [2.75, 3.05) is 18.1 Å². The van der Waals surface area contributed by atoms with Gasteiger partial charge in [-0.2, -0.15) is 11.8 Å². The van der Waals surface area contributed by atoms with Gasteiger partial charge < -0.3 is 30.3 Å². The van der Waals surface area contributed by atoms with Crippen molar-refractivity contribution in [2.24, 2.45) is 22.7 Å². The second-order valence-electron chi connectivity index (χ2n) is 13.2. The average molecular weight is 587 g/mol. The van der Waals surface area contributed by atoms with Crippen LogP contribution in [0.4, 0.5) is 0 Å². The van der Waals surface area contributed by atoms with Crippen LogP contribution in [0.1, 0.15) is 70.3 Å². The molecule has 5 aliphatic rings. The van der Waals surface area contributed by atoms with E-state index in [1.807, 2.05) is 0 Å². The highest BCUT2D eigenvalue weighted by Gasteiger charge is 2.80. The zero-order valence-corrected chi connectivity index (χ0v) is 24.5. The lowest BCUT2D eigenvalue weighted by atomic mass is 9.67. The van der Waals surface area contributed by atoms with Crippen molar-refractivity contribution >= 4 is 29.5 Å². The van der Waals surface area contributed by atoms with Gasteiger partial charge in [-0.15, -0.1) is 0 Å². The number of aromatic hydroxyl groups is 2. The molecule has 5 fully saturated rings. The summed E-state index contributed by atoms with van der Waals surface area (Å²) in [6, 6.07) is 2.61. The van der Waals surface area contributed by atoms with Crippen LogP contribution in [0, 0.1) is 22.7 Å². The molecule has 0 radical (unpaired) electrons. The number of benzene rings is 1. The molecule has 1 heterocycles. The van der Waals surface area contributed by atoms with Crippen molar-refractivity contribution in [3.8, 4) is 11.5 Å².